The van der Waals surface area contributed by atoms with Crippen molar-refractivity contribution in [3.8, 4) is 0 Å². The Balaban J connectivity index is 0.000000278. The highest BCUT2D eigenvalue weighted by atomic mass is 32.2. The number of hydrogen-bond donors (Lipinski definition) is 1. The number of carbonyl (C=O) groups excluding carboxylic acids is 2. The number of piperazine rings is 1. The summed E-state index contributed by atoms with van der Waals surface area (Å²) in [6, 6.07) is 15.5. The lowest BCUT2D eigenvalue weighted by Crippen LogP contribution is -2.54. The number of aryl methyl sites for hydroxylation is 2. The van der Waals surface area contributed by atoms with Crippen LogP contribution in [0.1, 0.15) is 29.5 Å². The van der Waals surface area contributed by atoms with Crippen molar-refractivity contribution >= 4 is 27.6 Å². The van der Waals surface area contributed by atoms with Gasteiger partial charge in [0.25, 0.3) is 0 Å². The van der Waals surface area contributed by atoms with Crippen LogP contribution in [0.15, 0.2) is 61.2 Å². The first-order chi connectivity index (χ1) is 18.2. The number of benzene rings is 2. The fourth-order valence-corrected chi connectivity index (χ4v) is 6.01. The molecule has 1 N–H and O–H groups in total. The summed E-state index contributed by atoms with van der Waals surface area (Å²) >= 11 is 0. The molecule has 38 heavy (non-hydrogen) atoms. The Bertz CT molecular complexity index is 1250. The van der Waals surface area contributed by atoms with Gasteiger partial charge < -0.3 is 15.1 Å². The highest BCUT2D eigenvalue weighted by Crippen LogP contribution is 2.32. The van der Waals surface area contributed by atoms with Crippen LogP contribution in [-0.2, 0) is 21.2 Å². The van der Waals surface area contributed by atoms with Crippen LogP contribution in [-0.4, -0.2) is 74.1 Å². The highest BCUT2D eigenvalue weighted by Gasteiger charge is 2.41. The minimum absolute atomic E-state index is 0.176. The molecule has 5 rings (SSSR count). The van der Waals surface area contributed by atoms with Gasteiger partial charge in [0.05, 0.1) is 12.3 Å². The molecule has 3 fully saturated rings. The van der Waals surface area contributed by atoms with E-state index in [-0.39, 0.29) is 18.2 Å². The maximum atomic E-state index is 12.8. The van der Waals surface area contributed by atoms with Crippen molar-refractivity contribution in [2.75, 3.05) is 43.4 Å². The molecule has 9 heteroatoms. The van der Waals surface area contributed by atoms with Crippen molar-refractivity contribution in [1.82, 2.24) is 14.5 Å². The normalized spacial score (nSPS) is 19.5. The van der Waals surface area contributed by atoms with Gasteiger partial charge in [-0.15, -0.1) is 6.58 Å². The average Bonchev–Trinajstić information content (AvgIpc) is 3.63. The molecule has 8 nitrogen and oxygen atoms in total. The smallest absolute Gasteiger partial charge is 0.331 e. The molecule has 2 heterocycles. The van der Waals surface area contributed by atoms with Crippen molar-refractivity contribution in [3.05, 3.63) is 77.9 Å². The number of urea groups is 1. The van der Waals surface area contributed by atoms with E-state index in [9.17, 15) is 18.0 Å². The standard InChI is InChI=1S/C19H26N4O4S.C10H12/c1-4-11-28(26,27)23-13-16(20-19(23)25)18(24)22-9-7-21(8-10-22)17-12-14(2)5-6-15(17)3;1-2-4-9(5-3-1)8-10-6-7-10/h4-6,12,16H,1,7-11,13H2,2-3H3,(H,20,25);1-5,10H,6-8H2. The van der Waals surface area contributed by atoms with Gasteiger partial charge in [-0.25, -0.2) is 17.5 Å². The van der Waals surface area contributed by atoms with Gasteiger partial charge >= 0.3 is 6.03 Å². The van der Waals surface area contributed by atoms with Gasteiger partial charge in [-0.2, -0.15) is 0 Å². The predicted octanol–water partition coefficient (Wildman–Crippen LogP) is 3.50. The number of carbonyl (C=O) groups is 2. The molecular formula is C29H38N4O4S. The second-order valence-electron chi connectivity index (χ2n) is 10.3. The first-order valence-electron chi connectivity index (χ1n) is 13.2. The summed E-state index contributed by atoms with van der Waals surface area (Å²) in [6.07, 6.45) is 5.44. The Morgan fingerprint density at radius 2 is 1.74 bits per heavy atom. The zero-order chi connectivity index (χ0) is 27.3. The SMILES string of the molecule is C=CCS(=O)(=O)N1CC(C(=O)N2CCN(c3cc(C)ccc3C)CC2)NC1=O.c1ccc(CC2CC2)cc1. The van der Waals surface area contributed by atoms with Crippen molar-refractivity contribution < 1.29 is 18.0 Å². The minimum Gasteiger partial charge on any atom is -0.368 e. The summed E-state index contributed by atoms with van der Waals surface area (Å²) in [5.74, 6) is 0.434. The Kier molecular flexibility index (Phi) is 8.76. The molecule has 0 radical (unpaired) electrons. The van der Waals surface area contributed by atoms with Crippen LogP contribution >= 0.6 is 0 Å². The zero-order valence-electron chi connectivity index (χ0n) is 22.3. The summed E-state index contributed by atoms with van der Waals surface area (Å²) in [4.78, 5) is 28.8. The van der Waals surface area contributed by atoms with Crippen LogP contribution in [0.5, 0.6) is 0 Å². The third-order valence-electron chi connectivity index (χ3n) is 7.20. The lowest BCUT2D eigenvalue weighted by atomic mass is 10.1. The predicted molar refractivity (Wildman–Crippen MR) is 151 cm³/mol. The molecule has 2 saturated heterocycles. The molecule has 0 aromatic heterocycles. The van der Waals surface area contributed by atoms with Crippen LogP contribution in [0.25, 0.3) is 0 Å². The molecule has 3 amide bonds. The Labute approximate surface area is 226 Å². The van der Waals surface area contributed by atoms with E-state index >= 15 is 0 Å². The molecule has 2 aliphatic heterocycles. The Morgan fingerprint density at radius 3 is 2.37 bits per heavy atom. The second-order valence-corrected chi connectivity index (χ2v) is 12.3. The van der Waals surface area contributed by atoms with Gasteiger partial charge in [-0.1, -0.05) is 48.5 Å². The van der Waals surface area contributed by atoms with E-state index in [1.807, 2.05) is 0 Å². The average molecular weight is 539 g/mol. The summed E-state index contributed by atoms with van der Waals surface area (Å²) in [7, 11) is -3.79. The van der Waals surface area contributed by atoms with Crippen LogP contribution in [0.3, 0.4) is 0 Å². The zero-order valence-corrected chi connectivity index (χ0v) is 23.1. The number of hydrogen-bond acceptors (Lipinski definition) is 5. The molecule has 1 saturated carbocycles. The summed E-state index contributed by atoms with van der Waals surface area (Å²) in [5.41, 5.74) is 5.05. The van der Waals surface area contributed by atoms with Gasteiger partial charge in [-0.05, 0) is 61.8 Å². The first-order valence-corrected chi connectivity index (χ1v) is 14.9. The number of nitrogens with one attached hydrogen (secondary N) is 1. The van der Waals surface area contributed by atoms with Crippen LogP contribution in [0.4, 0.5) is 10.5 Å². The van der Waals surface area contributed by atoms with Crippen molar-refractivity contribution in [2.24, 2.45) is 5.92 Å². The highest BCUT2D eigenvalue weighted by molar-refractivity contribution is 7.89. The molecule has 204 valence electrons. The van der Waals surface area contributed by atoms with Gasteiger partial charge in [0.15, 0.2) is 0 Å². The maximum Gasteiger partial charge on any atom is 0.331 e. The molecule has 1 aliphatic carbocycles. The molecule has 0 bridgehead atoms. The number of sulfonamides is 1. The molecular weight excluding hydrogens is 500 g/mol. The molecule has 1 unspecified atom stereocenters. The number of amides is 3. The van der Waals surface area contributed by atoms with E-state index < -0.39 is 22.1 Å². The van der Waals surface area contributed by atoms with E-state index in [4.69, 9.17) is 0 Å². The van der Waals surface area contributed by atoms with Crippen molar-refractivity contribution in [1.29, 1.82) is 0 Å². The van der Waals surface area contributed by atoms with E-state index in [1.165, 1.54) is 47.7 Å². The van der Waals surface area contributed by atoms with Crippen molar-refractivity contribution in [3.63, 3.8) is 0 Å². The van der Waals surface area contributed by atoms with E-state index in [0.717, 1.165) is 10.2 Å². The van der Waals surface area contributed by atoms with Gasteiger partial charge in [0.2, 0.25) is 15.9 Å². The largest absolute Gasteiger partial charge is 0.368 e. The number of rotatable bonds is 7. The molecule has 2 aromatic rings. The van der Waals surface area contributed by atoms with E-state index in [0.29, 0.717) is 26.2 Å². The molecule has 2 aromatic carbocycles. The maximum absolute atomic E-state index is 12.8. The Morgan fingerprint density at radius 1 is 1.05 bits per heavy atom. The van der Waals surface area contributed by atoms with Crippen LogP contribution in [0.2, 0.25) is 0 Å². The summed E-state index contributed by atoms with van der Waals surface area (Å²) < 4.78 is 24.9. The molecule has 3 aliphatic rings. The quantitative estimate of drug-likeness (QED) is 0.545. The topological polar surface area (TPSA) is 90.0 Å². The summed E-state index contributed by atoms with van der Waals surface area (Å²) in [5, 5.41) is 2.49. The minimum atomic E-state index is -3.79. The number of anilines is 1. The third-order valence-corrected chi connectivity index (χ3v) is 8.84. The third kappa shape index (κ3) is 6.95. The van der Waals surface area contributed by atoms with E-state index in [1.54, 1.807) is 4.90 Å². The first kappa shape index (κ1) is 27.7. The monoisotopic (exact) mass is 538 g/mol. The second kappa shape index (κ2) is 12.0. The van der Waals surface area contributed by atoms with Gasteiger partial charge in [0.1, 0.15) is 6.04 Å². The van der Waals surface area contributed by atoms with Crippen molar-refractivity contribution in [2.45, 2.75) is 39.2 Å². The molecule has 0 spiro atoms. The summed E-state index contributed by atoms with van der Waals surface area (Å²) in [6.45, 7) is 9.77. The number of nitrogens with zero attached hydrogens (tertiary/aromatic N) is 3. The van der Waals surface area contributed by atoms with Crippen LogP contribution in [0, 0.1) is 19.8 Å². The lowest BCUT2D eigenvalue weighted by Gasteiger charge is -2.37. The van der Waals surface area contributed by atoms with E-state index in [2.05, 4.69) is 79.2 Å². The van der Waals surface area contributed by atoms with Gasteiger partial charge in [-0.3, -0.25) is 4.79 Å². The van der Waals surface area contributed by atoms with Crippen LogP contribution < -0.4 is 10.2 Å². The lowest BCUT2D eigenvalue weighted by molar-refractivity contribution is -0.133. The van der Waals surface area contributed by atoms with Gasteiger partial charge in [0, 0.05) is 31.9 Å². The fraction of sp³-hybridized carbons (Fsp3) is 0.448. The molecule has 1 atom stereocenters. The fourth-order valence-electron chi connectivity index (χ4n) is 4.85. The Hall–Kier alpha value is -3.33.